The van der Waals surface area contributed by atoms with Crippen molar-refractivity contribution in [2.45, 2.75) is 26.3 Å². The Morgan fingerprint density at radius 1 is 1.17 bits per heavy atom. The molecule has 9 heteroatoms. The van der Waals surface area contributed by atoms with Crippen molar-refractivity contribution < 1.29 is 4.79 Å². The first-order chi connectivity index (χ1) is 14.5. The summed E-state index contributed by atoms with van der Waals surface area (Å²) in [4.78, 5) is 24.4. The summed E-state index contributed by atoms with van der Waals surface area (Å²) in [5.41, 5.74) is 1.95. The van der Waals surface area contributed by atoms with Gasteiger partial charge in [-0.1, -0.05) is 30.7 Å². The van der Waals surface area contributed by atoms with Crippen LogP contribution in [-0.2, 0) is 18.4 Å². The number of aromatic nitrogens is 4. The zero-order chi connectivity index (χ0) is 21.3. The minimum atomic E-state index is -0.122. The summed E-state index contributed by atoms with van der Waals surface area (Å²) < 4.78 is 3.33. The Kier molecular flexibility index (Phi) is 5.41. The molecule has 0 saturated carbocycles. The van der Waals surface area contributed by atoms with Gasteiger partial charge in [0.25, 0.3) is 5.56 Å². The number of nitrogens with zero attached hydrogens (tertiary/aromatic N) is 4. The van der Waals surface area contributed by atoms with Crippen LogP contribution < -0.4 is 16.2 Å². The van der Waals surface area contributed by atoms with Gasteiger partial charge in [0.05, 0.1) is 28.2 Å². The SMILES string of the molecule is CCCC(=O)Nc1ccc(Cl)c(NCc2nnc3n(C)c(=O)c4ccccc4n23)c1. The molecule has 30 heavy (non-hydrogen) atoms. The first-order valence-electron chi connectivity index (χ1n) is 9.64. The van der Waals surface area contributed by atoms with Gasteiger partial charge in [0.1, 0.15) is 0 Å². The first kappa shape index (κ1) is 19.9. The lowest BCUT2D eigenvalue weighted by atomic mass is 10.2. The molecule has 154 valence electrons. The lowest BCUT2D eigenvalue weighted by Crippen LogP contribution is -2.20. The zero-order valence-electron chi connectivity index (χ0n) is 16.6. The summed E-state index contributed by atoms with van der Waals surface area (Å²) in [6.45, 7) is 2.28. The highest BCUT2D eigenvalue weighted by Gasteiger charge is 2.15. The number of nitrogens with one attached hydrogen (secondary N) is 2. The molecule has 4 aromatic rings. The topological polar surface area (TPSA) is 93.3 Å². The maximum atomic E-state index is 12.6. The van der Waals surface area contributed by atoms with E-state index in [4.69, 9.17) is 11.6 Å². The van der Waals surface area contributed by atoms with Crippen molar-refractivity contribution in [3.8, 4) is 0 Å². The van der Waals surface area contributed by atoms with Crippen LogP contribution in [0.25, 0.3) is 16.7 Å². The van der Waals surface area contributed by atoms with E-state index in [1.54, 1.807) is 31.3 Å². The Morgan fingerprint density at radius 2 is 1.97 bits per heavy atom. The molecule has 0 aliphatic rings. The van der Waals surface area contributed by atoms with Crippen molar-refractivity contribution in [3.05, 3.63) is 63.7 Å². The molecule has 0 atom stereocenters. The van der Waals surface area contributed by atoms with E-state index >= 15 is 0 Å². The van der Waals surface area contributed by atoms with Gasteiger partial charge < -0.3 is 10.6 Å². The van der Waals surface area contributed by atoms with Crippen LogP contribution in [0.4, 0.5) is 11.4 Å². The second-order valence-electron chi connectivity index (χ2n) is 6.98. The summed E-state index contributed by atoms with van der Waals surface area (Å²) in [5, 5.41) is 15.7. The van der Waals surface area contributed by atoms with Crippen molar-refractivity contribution in [3.63, 3.8) is 0 Å². The van der Waals surface area contributed by atoms with Gasteiger partial charge in [-0.05, 0) is 36.8 Å². The fraction of sp³-hybridized carbons (Fsp3) is 0.238. The molecule has 1 amide bonds. The Hall–Kier alpha value is -3.39. The molecule has 2 aromatic carbocycles. The number of carbonyl (C=O) groups excluding carboxylic acids is 1. The molecule has 0 unspecified atom stereocenters. The van der Waals surface area contributed by atoms with E-state index in [9.17, 15) is 9.59 Å². The third kappa shape index (κ3) is 3.61. The van der Waals surface area contributed by atoms with Crippen LogP contribution in [0, 0.1) is 0 Å². The summed E-state index contributed by atoms with van der Waals surface area (Å²) >= 11 is 6.33. The molecule has 4 rings (SSSR count). The second kappa shape index (κ2) is 8.16. The van der Waals surface area contributed by atoms with Crippen molar-refractivity contribution in [1.82, 2.24) is 19.2 Å². The monoisotopic (exact) mass is 424 g/mol. The number of amides is 1. The predicted molar refractivity (Wildman–Crippen MR) is 118 cm³/mol. The highest BCUT2D eigenvalue weighted by Crippen LogP contribution is 2.26. The van der Waals surface area contributed by atoms with Gasteiger partial charge in [-0.3, -0.25) is 18.6 Å². The number of hydrogen-bond donors (Lipinski definition) is 2. The van der Waals surface area contributed by atoms with Crippen LogP contribution in [0.15, 0.2) is 47.3 Å². The number of benzene rings is 2. The first-order valence-corrected chi connectivity index (χ1v) is 10.0. The van der Waals surface area contributed by atoms with Gasteiger partial charge in [-0.15, -0.1) is 10.2 Å². The number of halogens is 1. The lowest BCUT2D eigenvalue weighted by Gasteiger charge is -2.12. The molecule has 2 N–H and O–H groups in total. The zero-order valence-corrected chi connectivity index (χ0v) is 17.4. The van der Waals surface area contributed by atoms with Crippen LogP contribution in [0.3, 0.4) is 0 Å². The smallest absolute Gasteiger partial charge is 0.262 e. The highest BCUT2D eigenvalue weighted by atomic mass is 35.5. The normalized spacial score (nSPS) is 11.2. The number of anilines is 2. The molecule has 0 aliphatic carbocycles. The number of carbonyl (C=O) groups is 1. The molecule has 0 spiro atoms. The van der Waals surface area contributed by atoms with E-state index in [1.165, 1.54) is 4.57 Å². The molecule has 8 nitrogen and oxygen atoms in total. The van der Waals surface area contributed by atoms with Crippen LogP contribution in [0.2, 0.25) is 5.02 Å². The number of fused-ring (bicyclic) bond motifs is 3. The molecule has 0 saturated heterocycles. The van der Waals surface area contributed by atoms with E-state index in [-0.39, 0.29) is 11.5 Å². The maximum Gasteiger partial charge on any atom is 0.262 e. The number of hydrogen-bond acceptors (Lipinski definition) is 5. The van der Waals surface area contributed by atoms with E-state index < -0.39 is 0 Å². The average Bonchev–Trinajstić information content (AvgIpc) is 3.17. The van der Waals surface area contributed by atoms with Gasteiger partial charge in [0.15, 0.2) is 5.82 Å². The quantitative estimate of drug-likeness (QED) is 0.493. The van der Waals surface area contributed by atoms with Gasteiger partial charge in [0, 0.05) is 19.2 Å². The average molecular weight is 425 g/mol. The van der Waals surface area contributed by atoms with E-state index in [0.29, 0.717) is 46.4 Å². The van der Waals surface area contributed by atoms with Crippen molar-refractivity contribution >= 4 is 45.6 Å². The minimum Gasteiger partial charge on any atom is -0.376 e. The van der Waals surface area contributed by atoms with E-state index in [1.807, 2.05) is 29.5 Å². The third-order valence-corrected chi connectivity index (χ3v) is 5.19. The van der Waals surface area contributed by atoms with Crippen LogP contribution >= 0.6 is 11.6 Å². The van der Waals surface area contributed by atoms with Crippen LogP contribution in [0.1, 0.15) is 25.6 Å². The molecule has 0 aliphatic heterocycles. The van der Waals surface area contributed by atoms with Crippen molar-refractivity contribution in [2.75, 3.05) is 10.6 Å². The Bertz CT molecular complexity index is 1310. The van der Waals surface area contributed by atoms with Crippen molar-refractivity contribution in [2.24, 2.45) is 7.05 Å². The molecular formula is C21H21ClN6O2. The summed E-state index contributed by atoms with van der Waals surface area (Å²) in [6.07, 6.45) is 1.24. The summed E-state index contributed by atoms with van der Waals surface area (Å²) in [5.74, 6) is 1.05. The Labute approximate surface area is 177 Å². The fourth-order valence-electron chi connectivity index (χ4n) is 3.37. The molecule has 2 heterocycles. The molecule has 2 aromatic heterocycles. The summed E-state index contributed by atoms with van der Waals surface area (Å²) in [7, 11) is 1.68. The fourth-order valence-corrected chi connectivity index (χ4v) is 3.55. The van der Waals surface area contributed by atoms with Crippen LogP contribution in [0.5, 0.6) is 0 Å². The van der Waals surface area contributed by atoms with Gasteiger partial charge >= 0.3 is 0 Å². The van der Waals surface area contributed by atoms with E-state index in [0.717, 1.165) is 11.9 Å². The largest absolute Gasteiger partial charge is 0.376 e. The molecule has 0 radical (unpaired) electrons. The maximum absolute atomic E-state index is 12.6. The number of para-hydroxylation sites is 1. The Morgan fingerprint density at radius 3 is 2.77 bits per heavy atom. The highest BCUT2D eigenvalue weighted by molar-refractivity contribution is 6.33. The predicted octanol–water partition coefficient (Wildman–Crippen LogP) is 3.59. The van der Waals surface area contributed by atoms with Gasteiger partial charge in [-0.2, -0.15) is 0 Å². The summed E-state index contributed by atoms with van der Waals surface area (Å²) in [6, 6.07) is 12.6. The van der Waals surface area contributed by atoms with Crippen LogP contribution in [-0.4, -0.2) is 25.1 Å². The molecule has 0 fully saturated rings. The minimum absolute atomic E-state index is 0.0402. The van der Waals surface area contributed by atoms with Gasteiger partial charge in [0.2, 0.25) is 11.7 Å². The number of rotatable bonds is 6. The lowest BCUT2D eigenvalue weighted by molar-refractivity contribution is -0.116. The molecule has 0 bridgehead atoms. The Balaban J connectivity index is 1.66. The number of aryl methyl sites for hydroxylation is 1. The molecular weight excluding hydrogens is 404 g/mol. The van der Waals surface area contributed by atoms with Gasteiger partial charge in [-0.25, -0.2) is 0 Å². The standard InChI is InChI=1S/C21H21ClN6O2/c1-3-6-19(29)24-13-9-10-15(22)16(11-13)23-12-18-25-26-21-27(2)20(30)14-7-4-5-8-17(14)28(18)21/h4-5,7-11,23H,3,6,12H2,1-2H3,(H,24,29). The van der Waals surface area contributed by atoms with E-state index in [2.05, 4.69) is 20.8 Å². The second-order valence-corrected chi connectivity index (χ2v) is 7.39. The van der Waals surface area contributed by atoms with Crippen molar-refractivity contribution in [1.29, 1.82) is 0 Å². The third-order valence-electron chi connectivity index (χ3n) is 4.86.